The van der Waals surface area contributed by atoms with Crippen LogP contribution < -0.4 is 10.1 Å². The predicted octanol–water partition coefficient (Wildman–Crippen LogP) is 3.60. The molecule has 2 N–H and O–H groups in total. The van der Waals surface area contributed by atoms with Gasteiger partial charge in [-0.15, -0.1) is 10.2 Å². The average molecular weight is 396 g/mol. The molecule has 3 rings (SSSR count). The molecule has 1 heterocycles. The van der Waals surface area contributed by atoms with E-state index in [1.165, 1.54) is 11.3 Å². The van der Waals surface area contributed by atoms with Crippen LogP contribution in [0.1, 0.15) is 30.7 Å². The number of hydrogen-bond acceptors (Lipinski definition) is 6. The van der Waals surface area contributed by atoms with Gasteiger partial charge in [-0.2, -0.15) is 0 Å². The summed E-state index contributed by atoms with van der Waals surface area (Å²) in [6, 6.07) is 6.96. The van der Waals surface area contributed by atoms with E-state index in [0.29, 0.717) is 33.8 Å². The smallest absolute Gasteiger partial charge is 0.307 e. The van der Waals surface area contributed by atoms with E-state index < -0.39 is 17.8 Å². The van der Waals surface area contributed by atoms with Crippen molar-refractivity contribution in [3.8, 4) is 5.75 Å². The van der Waals surface area contributed by atoms with Gasteiger partial charge in [-0.1, -0.05) is 35.8 Å². The summed E-state index contributed by atoms with van der Waals surface area (Å²) in [5, 5.41) is 21.5. The fourth-order valence-electron chi connectivity index (χ4n) is 2.98. The minimum atomic E-state index is -0.917. The number of aromatic nitrogens is 2. The highest BCUT2D eigenvalue weighted by molar-refractivity contribution is 7.15. The highest BCUT2D eigenvalue weighted by Gasteiger charge is 2.36. The summed E-state index contributed by atoms with van der Waals surface area (Å²) in [4.78, 5) is 23.8. The third kappa shape index (κ3) is 4.70. The lowest BCUT2D eigenvalue weighted by Gasteiger charge is -2.26. The molecule has 0 radical (unpaired) electrons. The normalized spacial score (nSPS) is 19.7. The zero-order chi connectivity index (χ0) is 18.5. The Bertz CT molecular complexity index is 781. The number of aliphatic carboxylic acids is 1. The molecule has 0 saturated heterocycles. The summed E-state index contributed by atoms with van der Waals surface area (Å²) in [7, 11) is 0. The largest absolute Gasteiger partial charge is 0.486 e. The molecule has 2 aromatic rings. The maximum atomic E-state index is 12.4. The Labute approximate surface area is 159 Å². The highest BCUT2D eigenvalue weighted by Crippen LogP contribution is 2.31. The highest BCUT2D eigenvalue weighted by atomic mass is 35.5. The Morgan fingerprint density at radius 3 is 2.58 bits per heavy atom. The van der Waals surface area contributed by atoms with Gasteiger partial charge in [-0.05, 0) is 37.1 Å². The summed E-state index contributed by atoms with van der Waals surface area (Å²) in [6.07, 6.45) is 2.81. The predicted molar refractivity (Wildman–Crippen MR) is 97.4 cm³/mol. The molecule has 0 spiro atoms. The Balaban J connectivity index is 1.56. The monoisotopic (exact) mass is 395 g/mol. The molecule has 1 aliphatic rings. The fourth-order valence-corrected chi connectivity index (χ4v) is 3.76. The molecule has 7 nitrogen and oxygen atoms in total. The van der Waals surface area contributed by atoms with Gasteiger partial charge in [0.2, 0.25) is 11.0 Å². The van der Waals surface area contributed by atoms with Crippen LogP contribution in [-0.4, -0.2) is 27.2 Å². The number of carbonyl (C=O) groups excluding carboxylic acids is 1. The van der Waals surface area contributed by atoms with E-state index in [9.17, 15) is 14.7 Å². The van der Waals surface area contributed by atoms with E-state index in [1.54, 1.807) is 24.3 Å². The zero-order valence-electron chi connectivity index (χ0n) is 13.9. The molecule has 1 aromatic heterocycles. The molecule has 9 heteroatoms. The second-order valence-corrected chi connectivity index (χ2v) is 7.57. The standard InChI is InChI=1S/C17H18ClN3O4S/c18-10-5-7-11(8-6-10)25-9-14-20-21-17(26-14)19-15(22)12-3-1-2-4-13(12)16(23)24/h5-8,12-13H,1-4,9H2,(H,23,24)(H,19,21,22)/t12-,13+/m0/s1. The molecule has 1 amide bonds. The van der Waals surface area contributed by atoms with Gasteiger partial charge in [0.25, 0.3) is 0 Å². The molecule has 1 fully saturated rings. The van der Waals surface area contributed by atoms with Crippen LogP contribution in [0.15, 0.2) is 24.3 Å². The van der Waals surface area contributed by atoms with Crippen molar-refractivity contribution in [1.82, 2.24) is 10.2 Å². The molecule has 26 heavy (non-hydrogen) atoms. The van der Waals surface area contributed by atoms with E-state index in [2.05, 4.69) is 15.5 Å². The Kier molecular flexibility index (Phi) is 6.05. The van der Waals surface area contributed by atoms with Gasteiger partial charge in [-0.25, -0.2) is 0 Å². The first-order chi connectivity index (χ1) is 12.5. The van der Waals surface area contributed by atoms with E-state index >= 15 is 0 Å². The molecule has 1 aromatic carbocycles. The number of carbonyl (C=O) groups is 2. The van der Waals surface area contributed by atoms with Crippen LogP contribution in [-0.2, 0) is 16.2 Å². The van der Waals surface area contributed by atoms with Crippen LogP contribution in [0.4, 0.5) is 5.13 Å². The van der Waals surface area contributed by atoms with Crippen molar-refractivity contribution in [3.63, 3.8) is 0 Å². The number of halogens is 1. The van der Waals surface area contributed by atoms with E-state index in [1.807, 2.05) is 0 Å². The fraction of sp³-hybridized carbons (Fsp3) is 0.412. The first kappa shape index (κ1) is 18.6. The number of ether oxygens (including phenoxy) is 1. The van der Waals surface area contributed by atoms with E-state index in [0.717, 1.165) is 12.8 Å². The SMILES string of the molecule is O=C(Nc1nnc(COc2ccc(Cl)cc2)s1)[C@H]1CCCC[C@H]1C(=O)O. The molecule has 0 aliphatic heterocycles. The molecule has 0 unspecified atom stereocenters. The summed E-state index contributed by atoms with van der Waals surface area (Å²) in [6.45, 7) is 0.219. The maximum Gasteiger partial charge on any atom is 0.307 e. The second kappa shape index (κ2) is 8.46. The molecule has 2 atom stereocenters. The summed E-state index contributed by atoms with van der Waals surface area (Å²) >= 11 is 7.03. The lowest BCUT2D eigenvalue weighted by molar-refractivity contribution is -0.147. The molecular weight excluding hydrogens is 378 g/mol. The van der Waals surface area contributed by atoms with Crippen LogP contribution in [0.25, 0.3) is 0 Å². The lowest BCUT2D eigenvalue weighted by Crippen LogP contribution is -2.36. The van der Waals surface area contributed by atoms with Gasteiger partial charge in [-0.3, -0.25) is 9.59 Å². The zero-order valence-corrected chi connectivity index (χ0v) is 15.4. The quantitative estimate of drug-likeness (QED) is 0.774. The summed E-state index contributed by atoms with van der Waals surface area (Å²) in [5.74, 6) is -1.73. The van der Waals surface area contributed by atoms with Gasteiger partial charge >= 0.3 is 5.97 Å². The molecule has 138 valence electrons. The van der Waals surface area contributed by atoms with Gasteiger partial charge < -0.3 is 15.2 Å². The lowest BCUT2D eigenvalue weighted by atomic mass is 9.79. The van der Waals surface area contributed by atoms with Crippen LogP contribution in [0, 0.1) is 11.8 Å². The van der Waals surface area contributed by atoms with Crippen molar-refractivity contribution in [3.05, 3.63) is 34.3 Å². The number of carboxylic acids is 1. The molecule has 1 saturated carbocycles. The number of nitrogens with zero attached hydrogens (tertiary/aromatic N) is 2. The summed E-state index contributed by atoms with van der Waals surface area (Å²) in [5.41, 5.74) is 0. The molecule has 0 bridgehead atoms. The number of carboxylic acid groups (broad SMARTS) is 1. The van der Waals surface area contributed by atoms with Crippen molar-refractivity contribution >= 4 is 39.9 Å². The average Bonchev–Trinajstić information content (AvgIpc) is 3.08. The number of nitrogens with one attached hydrogen (secondary N) is 1. The van der Waals surface area contributed by atoms with Crippen LogP contribution >= 0.6 is 22.9 Å². The van der Waals surface area contributed by atoms with Crippen molar-refractivity contribution in [2.24, 2.45) is 11.8 Å². The maximum absolute atomic E-state index is 12.4. The van der Waals surface area contributed by atoms with Gasteiger partial charge in [0.15, 0.2) is 5.01 Å². The van der Waals surface area contributed by atoms with Crippen molar-refractivity contribution < 1.29 is 19.4 Å². The number of hydrogen-bond donors (Lipinski definition) is 2. The Morgan fingerprint density at radius 1 is 1.19 bits per heavy atom. The third-order valence-electron chi connectivity index (χ3n) is 4.29. The van der Waals surface area contributed by atoms with Crippen LogP contribution in [0.3, 0.4) is 0 Å². The number of benzene rings is 1. The molecular formula is C17H18ClN3O4S. The minimum absolute atomic E-state index is 0.219. The van der Waals surface area contributed by atoms with E-state index in [4.69, 9.17) is 16.3 Å². The van der Waals surface area contributed by atoms with Crippen molar-refractivity contribution in [2.75, 3.05) is 5.32 Å². The van der Waals surface area contributed by atoms with Gasteiger partial charge in [0.05, 0.1) is 11.8 Å². The Morgan fingerprint density at radius 2 is 1.88 bits per heavy atom. The van der Waals surface area contributed by atoms with Gasteiger partial charge in [0, 0.05) is 5.02 Å². The van der Waals surface area contributed by atoms with Gasteiger partial charge in [0.1, 0.15) is 12.4 Å². The Hall–Kier alpha value is -2.19. The van der Waals surface area contributed by atoms with Crippen molar-refractivity contribution in [1.29, 1.82) is 0 Å². The number of rotatable bonds is 6. The van der Waals surface area contributed by atoms with Crippen LogP contribution in [0.2, 0.25) is 5.02 Å². The minimum Gasteiger partial charge on any atom is -0.486 e. The van der Waals surface area contributed by atoms with Crippen molar-refractivity contribution in [2.45, 2.75) is 32.3 Å². The molecule has 1 aliphatic carbocycles. The van der Waals surface area contributed by atoms with E-state index in [-0.39, 0.29) is 12.5 Å². The second-order valence-electron chi connectivity index (χ2n) is 6.07. The first-order valence-electron chi connectivity index (χ1n) is 8.27. The topological polar surface area (TPSA) is 101 Å². The third-order valence-corrected chi connectivity index (χ3v) is 5.36. The summed E-state index contributed by atoms with van der Waals surface area (Å²) < 4.78 is 5.59. The number of anilines is 1. The van der Waals surface area contributed by atoms with Crippen LogP contribution in [0.5, 0.6) is 5.75 Å². The number of amides is 1. The first-order valence-corrected chi connectivity index (χ1v) is 9.47.